The van der Waals surface area contributed by atoms with E-state index in [1.165, 1.54) is 7.11 Å². The lowest BCUT2D eigenvalue weighted by molar-refractivity contribution is 0.0531. The van der Waals surface area contributed by atoms with E-state index in [4.69, 9.17) is 21.7 Å². The molecule has 0 aliphatic rings. The highest BCUT2D eigenvalue weighted by molar-refractivity contribution is 9.10. The zero-order valence-corrected chi connectivity index (χ0v) is 19.6. The summed E-state index contributed by atoms with van der Waals surface area (Å²) in [7, 11) is 1.50. The average molecular weight is 508 g/mol. The number of amides is 1. The standard InChI is InChI=1S/C20H18BrN3O4S2/c1-4-28-18(26)16-10(2)22-20(30-16)24-19(29)23-17(25)13-9-11-7-5-6-8-12(11)14(21)15(13)27-3/h5-9H,4H2,1-3H3,(H2,22,23,24,25,29). The van der Waals surface area contributed by atoms with Gasteiger partial charge in [-0.2, -0.15) is 0 Å². The first-order valence-corrected chi connectivity index (χ1v) is 10.9. The number of ether oxygens (including phenoxy) is 2. The highest BCUT2D eigenvalue weighted by Gasteiger charge is 2.20. The second kappa shape index (κ2) is 9.50. The fourth-order valence-corrected chi connectivity index (χ4v) is 4.64. The van der Waals surface area contributed by atoms with Gasteiger partial charge in [-0.15, -0.1) is 0 Å². The molecule has 2 aromatic carbocycles. The molecule has 2 N–H and O–H groups in total. The number of anilines is 1. The quantitative estimate of drug-likeness (QED) is 0.382. The maximum absolute atomic E-state index is 12.9. The molecule has 3 rings (SSSR count). The van der Waals surface area contributed by atoms with E-state index >= 15 is 0 Å². The molecular weight excluding hydrogens is 490 g/mol. The molecule has 1 amide bonds. The largest absolute Gasteiger partial charge is 0.495 e. The maximum Gasteiger partial charge on any atom is 0.350 e. The van der Waals surface area contributed by atoms with Gasteiger partial charge in [0.2, 0.25) is 0 Å². The molecular formula is C20H18BrN3O4S2. The van der Waals surface area contributed by atoms with Gasteiger partial charge in [-0.1, -0.05) is 35.6 Å². The van der Waals surface area contributed by atoms with Crippen LogP contribution >= 0.6 is 39.5 Å². The van der Waals surface area contributed by atoms with Gasteiger partial charge in [0.15, 0.2) is 10.2 Å². The van der Waals surface area contributed by atoms with Crippen LogP contribution in [0.4, 0.5) is 5.13 Å². The van der Waals surface area contributed by atoms with Gasteiger partial charge in [0.1, 0.15) is 10.6 Å². The molecule has 156 valence electrons. The smallest absolute Gasteiger partial charge is 0.350 e. The third-order valence-corrected chi connectivity index (χ3v) is 6.14. The fourth-order valence-electron chi connectivity index (χ4n) is 2.79. The molecule has 0 atom stereocenters. The first kappa shape index (κ1) is 22.1. The summed E-state index contributed by atoms with van der Waals surface area (Å²) in [5.74, 6) is -0.473. The van der Waals surface area contributed by atoms with Crippen LogP contribution < -0.4 is 15.4 Å². The number of aromatic nitrogens is 1. The number of carbonyl (C=O) groups excluding carboxylic acids is 2. The number of carbonyl (C=O) groups is 2. The number of halogens is 1. The Morgan fingerprint density at radius 1 is 1.30 bits per heavy atom. The molecule has 0 saturated heterocycles. The Kier molecular flexibility index (Phi) is 7.01. The Morgan fingerprint density at radius 3 is 2.73 bits per heavy atom. The van der Waals surface area contributed by atoms with Crippen molar-refractivity contribution in [3.05, 3.63) is 50.9 Å². The average Bonchev–Trinajstić information content (AvgIpc) is 3.08. The highest BCUT2D eigenvalue weighted by atomic mass is 79.9. The highest BCUT2D eigenvalue weighted by Crippen LogP contribution is 2.36. The minimum Gasteiger partial charge on any atom is -0.495 e. The molecule has 7 nitrogen and oxygen atoms in total. The van der Waals surface area contributed by atoms with E-state index in [9.17, 15) is 9.59 Å². The molecule has 3 aromatic rings. The predicted molar refractivity (Wildman–Crippen MR) is 125 cm³/mol. The Hall–Kier alpha value is -2.56. The van der Waals surface area contributed by atoms with E-state index in [1.807, 2.05) is 24.3 Å². The molecule has 0 fully saturated rings. The van der Waals surface area contributed by atoms with Crippen molar-refractivity contribution in [1.29, 1.82) is 0 Å². The summed E-state index contributed by atoms with van der Waals surface area (Å²) in [6.45, 7) is 3.71. The monoisotopic (exact) mass is 507 g/mol. The van der Waals surface area contributed by atoms with Crippen LogP contribution in [0.1, 0.15) is 32.6 Å². The van der Waals surface area contributed by atoms with Gasteiger partial charge in [-0.05, 0) is 58.8 Å². The molecule has 1 heterocycles. The zero-order chi connectivity index (χ0) is 21.8. The summed E-state index contributed by atoms with van der Waals surface area (Å²) in [6.07, 6.45) is 0. The number of fused-ring (bicyclic) bond motifs is 1. The van der Waals surface area contributed by atoms with E-state index < -0.39 is 11.9 Å². The number of hydrogen-bond acceptors (Lipinski definition) is 7. The number of thiocarbonyl (C=S) groups is 1. The number of nitrogens with zero attached hydrogens (tertiary/aromatic N) is 1. The van der Waals surface area contributed by atoms with Gasteiger partial charge in [0, 0.05) is 0 Å². The zero-order valence-electron chi connectivity index (χ0n) is 16.4. The van der Waals surface area contributed by atoms with Crippen molar-refractivity contribution in [2.45, 2.75) is 13.8 Å². The van der Waals surface area contributed by atoms with Crippen LogP contribution in [0.5, 0.6) is 5.75 Å². The van der Waals surface area contributed by atoms with Gasteiger partial charge < -0.3 is 14.8 Å². The molecule has 30 heavy (non-hydrogen) atoms. The Morgan fingerprint density at radius 2 is 2.03 bits per heavy atom. The number of methoxy groups -OCH3 is 1. The lowest BCUT2D eigenvalue weighted by Gasteiger charge is -2.14. The molecule has 0 spiro atoms. The Labute approximate surface area is 190 Å². The molecule has 0 saturated carbocycles. The van der Waals surface area contributed by atoms with Crippen LogP contribution in [0.15, 0.2) is 34.8 Å². The summed E-state index contributed by atoms with van der Waals surface area (Å²) in [5.41, 5.74) is 0.852. The molecule has 0 radical (unpaired) electrons. The molecule has 0 bridgehead atoms. The van der Waals surface area contributed by atoms with E-state index in [2.05, 4.69) is 31.5 Å². The lowest BCUT2D eigenvalue weighted by Crippen LogP contribution is -2.34. The summed E-state index contributed by atoms with van der Waals surface area (Å²) in [5, 5.41) is 7.70. The Bertz CT molecular complexity index is 1150. The summed E-state index contributed by atoms with van der Waals surface area (Å²) in [4.78, 5) is 29.4. The topological polar surface area (TPSA) is 89.6 Å². The second-order valence-electron chi connectivity index (χ2n) is 6.05. The minimum atomic E-state index is -0.443. The summed E-state index contributed by atoms with van der Waals surface area (Å²) in [6, 6.07) is 9.38. The third kappa shape index (κ3) is 4.61. The molecule has 0 unspecified atom stereocenters. The maximum atomic E-state index is 12.9. The van der Waals surface area contributed by atoms with Crippen molar-refractivity contribution < 1.29 is 19.1 Å². The van der Waals surface area contributed by atoms with E-state index in [0.717, 1.165) is 22.1 Å². The molecule has 0 aliphatic heterocycles. The van der Waals surface area contributed by atoms with Gasteiger partial charge in [-0.25, -0.2) is 9.78 Å². The number of esters is 1. The van der Waals surface area contributed by atoms with Crippen LogP contribution in [0.2, 0.25) is 0 Å². The number of benzene rings is 2. The van der Waals surface area contributed by atoms with E-state index in [1.54, 1.807) is 19.9 Å². The number of hydrogen-bond donors (Lipinski definition) is 2. The number of thiazole rings is 1. The summed E-state index contributed by atoms with van der Waals surface area (Å²) < 4.78 is 11.1. The van der Waals surface area contributed by atoms with Crippen molar-refractivity contribution in [2.75, 3.05) is 19.0 Å². The van der Waals surface area contributed by atoms with Gasteiger partial charge in [0.05, 0.1) is 29.4 Å². The van der Waals surface area contributed by atoms with Gasteiger partial charge >= 0.3 is 5.97 Å². The van der Waals surface area contributed by atoms with Crippen molar-refractivity contribution in [3.63, 3.8) is 0 Å². The van der Waals surface area contributed by atoms with Gasteiger partial charge in [-0.3, -0.25) is 10.1 Å². The lowest BCUT2D eigenvalue weighted by atomic mass is 10.1. The molecule has 1 aromatic heterocycles. The van der Waals surface area contributed by atoms with E-state index in [-0.39, 0.29) is 11.7 Å². The number of nitrogens with one attached hydrogen (secondary N) is 2. The van der Waals surface area contributed by atoms with Crippen molar-refractivity contribution >= 4 is 72.4 Å². The van der Waals surface area contributed by atoms with Crippen LogP contribution in [0, 0.1) is 6.92 Å². The van der Waals surface area contributed by atoms with Crippen molar-refractivity contribution in [2.24, 2.45) is 0 Å². The van der Waals surface area contributed by atoms with Crippen molar-refractivity contribution in [3.8, 4) is 5.75 Å². The minimum absolute atomic E-state index is 0.0514. The first-order valence-electron chi connectivity index (χ1n) is 8.87. The SMILES string of the molecule is CCOC(=O)c1sc(NC(=S)NC(=O)c2cc3ccccc3c(Br)c2OC)nc1C. The molecule has 10 heteroatoms. The fraction of sp³-hybridized carbons (Fsp3) is 0.200. The van der Waals surface area contributed by atoms with E-state index in [0.29, 0.717) is 31.5 Å². The van der Waals surface area contributed by atoms with Crippen LogP contribution in [-0.4, -0.2) is 35.7 Å². The normalized spacial score (nSPS) is 10.5. The van der Waals surface area contributed by atoms with Crippen LogP contribution in [-0.2, 0) is 4.74 Å². The number of aryl methyl sites for hydroxylation is 1. The molecule has 0 aliphatic carbocycles. The van der Waals surface area contributed by atoms with Crippen LogP contribution in [0.3, 0.4) is 0 Å². The van der Waals surface area contributed by atoms with Crippen LogP contribution in [0.25, 0.3) is 10.8 Å². The number of rotatable bonds is 5. The Balaban J connectivity index is 1.79. The third-order valence-electron chi connectivity index (χ3n) is 4.09. The first-order chi connectivity index (χ1) is 14.3. The van der Waals surface area contributed by atoms with Gasteiger partial charge in [0.25, 0.3) is 5.91 Å². The van der Waals surface area contributed by atoms with Crippen molar-refractivity contribution in [1.82, 2.24) is 10.3 Å². The summed E-state index contributed by atoms with van der Waals surface area (Å²) >= 11 is 9.86. The second-order valence-corrected chi connectivity index (χ2v) is 8.26. The predicted octanol–water partition coefficient (Wildman–Crippen LogP) is 4.68.